The summed E-state index contributed by atoms with van der Waals surface area (Å²) in [6.07, 6.45) is 3.00. The van der Waals surface area contributed by atoms with Crippen LogP contribution in [-0.2, 0) is 14.3 Å². The molecule has 21 heavy (non-hydrogen) atoms. The second-order valence-electron chi connectivity index (χ2n) is 6.27. The Labute approximate surface area is 126 Å². The van der Waals surface area contributed by atoms with Gasteiger partial charge in [0.25, 0.3) is 0 Å². The molecule has 2 rings (SSSR count). The number of likely N-dealkylation sites (tertiary alicyclic amines) is 1. The molecule has 118 valence electrons. The van der Waals surface area contributed by atoms with Crippen molar-refractivity contribution in [2.45, 2.75) is 51.0 Å². The van der Waals surface area contributed by atoms with Crippen molar-refractivity contribution in [3.8, 4) is 6.07 Å². The summed E-state index contributed by atoms with van der Waals surface area (Å²) in [6, 6.07) is 2.31. The average molecular weight is 295 g/mol. The summed E-state index contributed by atoms with van der Waals surface area (Å²) in [4.78, 5) is 16.1. The van der Waals surface area contributed by atoms with Crippen molar-refractivity contribution in [2.24, 2.45) is 0 Å². The predicted molar refractivity (Wildman–Crippen MR) is 77.4 cm³/mol. The lowest BCUT2D eigenvalue weighted by Gasteiger charge is -2.39. The van der Waals surface area contributed by atoms with Crippen LogP contribution in [0.2, 0.25) is 0 Å². The second-order valence-corrected chi connectivity index (χ2v) is 6.27. The maximum absolute atomic E-state index is 12.4. The first kappa shape index (κ1) is 16.2. The summed E-state index contributed by atoms with van der Waals surface area (Å²) >= 11 is 0. The van der Waals surface area contributed by atoms with E-state index in [2.05, 4.69) is 11.0 Å². The van der Waals surface area contributed by atoms with E-state index in [-0.39, 0.29) is 18.2 Å². The number of nitrogens with zero attached hydrogens (tertiary/aromatic N) is 3. The molecule has 6 nitrogen and oxygen atoms in total. The van der Waals surface area contributed by atoms with E-state index < -0.39 is 5.54 Å². The highest BCUT2D eigenvalue weighted by Crippen LogP contribution is 2.24. The van der Waals surface area contributed by atoms with Crippen LogP contribution in [0.15, 0.2) is 0 Å². The standard InChI is InChI=1S/C15H25N3O3/c1-15(2,11-16)17(3)13(19)10-18-7-5-4-6-12(18)14-20-8-9-21-14/h12,14H,4-10H2,1-3H3. The fourth-order valence-electron chi connectivity index (χ4n) is 2.79. The van der Waals surface area contributed by atoms with E-state index in [0.29, 0.717) is 19.8 Å². The molecule has 1 atom stereocenters. The number of carbonyl (C=O) groups excluding carboxylic acids is 1. The normalized spacial score (nSPS) is 24.8. The number of likely N-dealkylation sites (N-methyl/N-ethyl adjacent to an activating group) is 1. The van der Waals surface area contributed by atoms with Gasteiger partial charge in [0, 0.05) is 7.05 Å². The smallest absolute Gasteiger partial charge is 0.237 e. The highest BCUT2D eigenvalue weighted by molar-refractivity contribution is 5.79. The maximum Gasteiger partial charge on any atom is 0.237 e. The van der Waals surface area contributed by atoms with Crippen LogP contribution in [0.3, 0.4) is 0 Å². The first-order valence-electron chi connectivity index (χ1n) is 7.61. The zero-order valence-corrected chi connectivity index (χ0v) is 13.2. The van der Waals surface area contributed by atoms with Gasteiger partial charge in [-0.1, -0.05) is 6.42 Å². The molecule has 2 heterocycles. The molecule has 1 amide bonds. The molecule has 2 saturated heterocycles. The Bertz CT molecular complexity index is 413. The fraction of sp³-hybridized carbons (Fsp3) is 0.867. The van der Waals surface area contributed by atoms with E-state index in [0.717, 1.165) is 25.8 Å². The van der Waals surface area contributed by atoms with Crippen molar-refractivity contribution in [3.05, 3.63) is 0 Å². The largest absolute Gasteiger partial charge is 0.349 e. The van der Waals surface area contributed by atoms with Crippen molar-refractivity contribution in [3.63, 3.8) is 0 Å². The number of carbonyl (C=O) groups is 1. The summed E-state index contributed by atoms with van der Waals surface area (Å²) in [5.41, 5.74) is -0.789. The van der Waals surface area contributed by atoms with E-state index in [1.54, 1.807) is 20.9 Å². The molecule has 0 N–H and O–H groups in total. The molecule has 0 radical (unpaired) electrons. The Kier molecular flexibility index (Phi) is 5.20. The number of amides is 1. The third-order valence-electron chi connectivity index (χ3n) is 4.45. The molecule has 0 aromatic carbocycles. The minimum absolute atomic E-state index is 0.0357. The molecule has 0 aliphatic carbocycles. The van der Waals surface area contributed by atoms with E-state index in [9.17, 15) is 4.79 Å². The van der Waals surface area contributed by atoms with Crippen LogP contribution in [0, 0.1) is 11.3 Å². The third kappa shape index (κ3) is 3.73. The van der Waals surface area contributed by atoms with Crippen molar-refractivity contribution in [2.75, 3.05) is 33.4 Å². The van der Waals surface area contributed by atoms with Gasteiger partial charge in [-0.3, -0.25) is 9.69 Å². The van der Waals surface area contributed by atoms with Crippen LogP contribution in [0.4, 0.5) is 0 Å². The van der Waals surface area contributed by atoms with Crippen molar-refractivity contribution in [1.29, 1.82) is 5.26 Å². The first-order chi connectivity index (χ1) is 9.95. The molecular weight excluding hydrogens is 270 g/mol. The summed E-state index contributed by atoms with van der Waals surface area (Å²) in [6.45, 7) is 5.95. The number of piperidine rings is 1. The molecule has 2 aliphatic heterocycles. The molecule has 0 bridgehead atoms. The zero-order valence-electron chi connectivity index (χ0n) is 13.2. The summed E-state index contributed by atoms with van der Waals surface area (Å²) in [5.74, 6) is -0.0357. The summed E-state index contributed by atoms with van der Waals surface area (Å²) in [7, 11) is 1.69. The monoisotopic (exact) mass is 295 g/mol. The Morgan fingerprint density at radius 1 is 1.38 bits per heavy atom. The van der Waals surface area contributed by atoms with Crippen LogP contribution in [0.5, 0.6) is 0 Å². The number of ether oxygens (including phenoxy) is 2. The summed E-state index contributed by atoms with van der Waals surface area (Å²) < 4.78 is 11.2. The van der Waals surface area contributed by atoms with Crippen LogP contribution in [-0.4, -0.2) is 66.9 Å². The molecule has 6 heteroatoms. The average Bonchev–Trinajstić information content (AvgIpc) is 3.01. The van der Waals surface area contributed by atoms with Crippen LogP contribution >= 0.6 is 0 Å². The van der Waals surface area contributed by atoms with Crippen LogP contribution in [0.1, 0.15) is 33.1 Å². The summed E-state index contributed by atoms with van der Waals surface area (Å²) in [5, 5.41) is 9.15. The second kappa shape index (κ2) is 6.73. The van der Waals surface area contributed by atoms with Gasteiger partial charge in [0.2, 0.25) is 5.91 Å². The maximum atomic E-state index is 12.4. The molecule has 0 spiro atoms. The molecule has 0 aromatic heterocycles. The lowest BCUT2D eigenvalue weighted by atomic mass is 10.0. The molecule has 2 fully saturated rings. The minimum Gasteiger partial charge on any atom is -0.349 e. The molecule has 0 aromatic rings. The van der Waals surface area contributed by atoms with E-state index in [4.69, 9.17) is 14.7 Å². The van der Waals surface area contributed by atoms with Crippen LogP contribution < -0.4 is 0 Å². The number of nitriles is 1. The van der Waals surface area contributed by atoms with Gasteiger partial charge in [-0.2, -0.15) is 5.26 Å². The van der Waals surface area contributed by atoms with E-state index in [1.165, 1.54) is 4.90 Å². The predicted octanol–water partition coefficient (Wildman–Crippen LogP) is 0.974. The Morgan fingerprint density at radius 3 is 2.67 bits per heavy atom. The van der Waals surface area contributed by atoms with Gasteiger partial charge in [-0.15, -0.1) is 0 Å². The number of hydrogen-bond acceptors (Lipinski definition) is 5. The number of rotatable bonds is 4. The van der Waals surface area contributed by atoms with Crippen molar-refractivity contribution in [1.82, 2.24) is 9.80 Å². The molecular formula is C15H25N3O3. The van der Waals surface area contributed by atoms with Crippen molar-refractivity contribution < 1.29 is 14.3 Å². The Hall–Kier alpha value is -1.16. The van der Waals surface area contributed by atoms with Gasteiger partial charge >= 0.3 is 0 Å². The van der Waals surface area contributed by atoms with E-state index >= 15 is 0 Å². The quantitative estimate of drug-likeness (QED) is 0.773. The minimum atomic E-state index is -0.789. The molecule has 2 aliphatic rings. The highest BCUT2D eigenvalue weighted by Gasteiger charge is 2.36. The van der Waals surface area contributed by atoms with Gasteiger partial charge in [-0.05, 0) is 33.2 Å². The SMILES string of the molecule is CN(C(=O)CN1CCCCC1C1OCCO1)C(C)(C)C#N. The number of hydrogen-bond donors (Lipinski definition) is 0. The van der Waals surface area contributed by atoms with Gasteiger partial charge in [0.15, 0.2) is 6.29 Å². The van der Waals surface area contributed by atoms with Gasteiger partial charge in [0.1, 0.15) is 5.54 Å². The Balaban J connectivity index is 1.99. The van der Waals surface area contributed by atoms with Crippen LogP contribution in [0.25, 0.3) is 0 Å². The van der Waals surface area contributed by atoms with Gasteiger partial charge in [0.05, 0.1) is 31.9 Å². The molecule has 0 saturated carbocycles. The van der Waals surface area contributed by atoms with Gasteiger partial charge < -0.3 is 14.4 Å². The third-order valence-corrected chi connectivity index (χ3v) is 4.45. The van der Waals surface area contributed by atoms with E-state index in [1.807, 2.05) is 0 Å². The van der Waals surface area contributed by atoms with Gasteiger partial charge in [-0.25, -0.2) is 0 Å². The first-order valence-corrected chi connectivity index (χ1v) is 7.61. The molecule has 1 unspecified atom stereocenters. The highest BCUT2D eigenvalue weighted by atomic mass is 16.7. The lowest BCUT2D eigenvalue weighted by Crippen LogP contribution is -2.53. The topological polar surface area (TPSA) is 65.8 Å². The fourth-order valence-corrected chi connectivity index (χ4v) is 2.79. The van der Waals surface area contributed by atoms with Crippen molar-refractivity contribution >= 4 is 5.91 Å². The lowest BCUT2D eigenvalue weighted by molar-refractivity contribution is -0.141. The zero-order chi connectivity index (χ0) is 15.5. The Morgan fingerprint density at radius 2 is 2.05 bits per heavy atom.